The highest BCUT2D eigenvalue weighted by Gasteiger charge is 2.35. The number of benzene rings is 2. The second-order valence-corrected chi connectivity index (χ2v) is 6.68. The van der Waals surface area contributed by atoms with Gasteiger partial charge in [0, 0.05) is 5.56 Å². The van der Waals surface area contributed by atoms with Crippen LogP contribution in [0.3, 0.4) is 0 Å². The highest BCUT2D eigenvalue weighted by Crippen LogP contribution is 2.39. The molecule has 154 valence electrons. The molecule has 0 fully saturated rings. The molecule has 3 aromatic rings. The molecule has 2 N–H and O–H groups in total. The maximum atomic E-state index is 13.3. The molecule has 0 saturated carbocycles. The van der Waals surface area contributed by atoms with Crippen LogP contribution < -0.4 is 14.8 Å². The van der Waals surface area contributed by atoms with Crippen LogP contribution in [0.5, 0.6) is 11.5 Å². The molecule has 0 amide bonds. The predicted molar refractivity (Wildman–Crippen MR) is 104 cm³/mol. The third kappa shape index (κ3) is 4.73. The Labute approximate surface area is 177 Å². The average Bonchev–Trinajstić information content (AvgIpc) is 3.12. The number of hydrogen-bond donors (Lipinski definition) is 1. The minimum atomic E-state index is -4.64. The normalized spacial score (nSPS) is 11.6. The standard InChI is InChI=1S/C17H12Cl2F3N3O3S/c1-26-16-12(18)6-9(7-13(16)19)14-8-15(17(20,21)22)24-25(14)10-2-4-11(5-3-10)27-28-29-23/h2-8H,23H2,1H3. The Kier molecular flexibility index (Phi) is 6.49. The van der Waals surface area contributed by atoms with E-state index in [4.69, 9.17) is 38.0 Å². The SMILES string of the molecule is COc1c(Cl)cc(-c2cc(C(F)(F)F)nn2-c2ccc(OOSN)cc2)cc1Cl. The van der Waals surface area contributed by atoms with Crippen molar-refractivity contribution in [2.45, 2.75) is 6.18 Å². The van der Waals surface area contributed by atoms with Gasteiger partial charge in [-0.15, -0.1) is 0 Å². The van der Waals surface area contributed by atoms with E-state index in [1.807, 2.05) is 0 Å². The molecule has 0 saturated heterocycles. The average molecular weight is 466 g/mol. The quantitative estimate of drug-likeness (QED) is 0.217. The van der Waals surface area contributed by atoms with Crippen molar-refractivity contribution in [1.82, 2.24) is 9.78 Å². The van der Waals surface area contributed by atoms with E-state index in [1.165, 1.54) is 43.5 Å². The van der Waals surface area contributed by atoms with Crippen LogP contribution >= 0.6 is 35.4 Å². The zero-order chi connectivity index (χ0) is 21.2. The van der Waals surface area contributed by atoms with Crippen molar-refractivity contribution in [2.75, 3.05) is 7.11 Å². The predicted octanol–water partition coefficient (Wildman–Crippen LogP) is 5.71. The fraction of sp³-hybridized carbons (Fsp3) is 0.118. The van der Waals surface area contributed by atoms with Crippen LogP contribution in [0.2, 0.25) is 10.0 Å². The molecule has 1 aromatic heterocycles. The van der Waals surface area contributed by atoms with Crippen LogP contribution in [0.25, 0.3) is 16.9 Å². The molecule has 3 rings (SSSR count). The highest BCUT2D eigenvalue weighted by molar-refractivity contribution is 7.92. The lowest BCUT2D eigenvalue weighted by Gasteiger charge is -2.11. The van der Waals surface area contributed by atoms with Gasteiger partial charge < -0.3 is 9.62 Å². The molecule has 0 bridgehead atoms. The van der Waals surface area contributed by atoms with E-state index in [0.29, 0.717) is 29.2 Å². The first-order valence-electron chi connectivity index (χ1n) is 7.75. The van der Waals surface area contributed by atoms with Gasteiger partial charge in [-0.1, -0.05) is 27.5 Å². The Hall–Kier alpha value is -2.11. The van der Waals surface area contributed by atoms with Gasteiger partial charge in [0.25, 0.3) is 0 Å². The smallest absolute Gasteiger partial charge is 0.435 e. The first-order chi connectivity index (χ1) is 13.7. The number of rotatable bonds is 6. The summed E-state index contributed by atoms with van der Waals surface area (Å²) in [6, 6.07) is 9.78. The Morgan fingerprint density at radius 1 is 1.07 bits per heavy atom. The first kappa shape index (κ1) is 21.6. The summed E-state index contributed by atoms with van der Waals surface area (Å²) in [6.45, 7) is 0. The van der Waals surface area contributed by atoms with Crippen molar-refractivity contribution in [1.29, 1.82) is 0 Å². The minimum Gasteiger partial charge on any atom is -0.494 e. The van der Waals surface area contributed by atoms with Crippen LogP contribution in [0.1, 0.15) is 5.69 Å². The lowest BCUT2D eigenvalue weighted by molar-refractivity contribution is -0.141. The van der Waals surface area contributed by atoms with E-state index < -0.39 is 11.9 Å². The molecule has 0 radical (unpaired) electrons. The van der Waals surface area contributed by atoms with Crippen molar-refractivity contribution in [2.24, 2.45) is 5.14 Å². The summed E-state index contributed by atoms with van der Waals surface area (Å²) in [6.07, 6.45) is -4.64. The number of nitrogens with zero attached hydrogens (tertiary/aromatic N) is 2. The fourth-order valence-electron chi connectivity index (χ4n) is 2.53. The van der Waals surface area contributed by atoms with Gasteiger partial charge in [-0.2, -0.15) is 18.3 Å². The van der Waals surface area contributed by atoms with Crippen LogP contribution in [-0.4, -0.2) is 16.9 Å². The molecule has 1 heterocycles. The molecule has 2 aromatic carbocycles. The maximum Gasteiger partial charge on any atom is 0.435 e. The summed E-state index contributed by atoms with van der Waals surface area (Å²) in [7, 11) is 1.38. The van der Waals surface area contributed by atoms with Crippen LogP contribution in [0, 0.1) is 0 Å². The summed E-state index contributed by atoms with van der Waals surface area (Å²) >= 11 is 12.8. The summed E-state index contributed by atoms with van der Waals surface area (Å²) in [4.78, 5) is 4.86. The number of methoxy groups -OCH3 is 1. The number of nitrogens with two attached hydrogens (primary N) is 1. The molecule has 0 atom stereocenters. The second kappa shape index (κ2) is 8.72. The molecule has 29 heavy (non-hydrogen) atoms. The Balaban J connectivity index is 2.11. The van der Waals surface area contributed by atoms with Gasteiger partial charge in [0.1, 0.15) is 12.2 Å². The van der Waals surface area contributed by atoms with E-state index in [2.05, 4.69) is 9.43 Å². The van der Waals surface area contributed by atoms with Gasteiger partial charge in [0.05, 0.1) is 28.5 Å². The molecule has 0 aliphatic heterocycles. The maximum absolute atomic E-state index is 13.3. The topological polar surface area (TPSA) is 71.5 Å². The molecule has 0 unspecified atom stereocenters. The third-order valence-electron chi connectivity index (χ3n) is 3.75. The van der Waals surface area contributed by atoms with Crippen LogP contribution in [-0.2, 0) is 10.5 Å². The molecule has 12 heteroatoms. The van der Waals surface area contributed by atoms with Gasteiger partial charge in [0.2, 0.25) is 0 Å². The molecule has 0 aliphatic carbocycles. The summed E-state index contributed by atoms with van der Waals surface area (Å²) < 4.78 is 50.6. The Bertz CT molecular complexity index is 990. The molecule has 0 spiro atoms. The zero-order valence-corrected chi connectivity index (χ0v) is 16.9. The molecule has 6 nitrogen and oxygen atoms in total. The van der Waals surface area contributed by atoms with E-state index in [-0.39, 0.29) is 21.5 Å². The van der Waals surface area contributed by atoms with Gasteiger partial charge in [-0.3, -0.25) is 5.14 Å². The number of alkyl halides is 3. The van der Waals surface area contributed by atoms with Crippen molar-refractivity contribution in [3.8, 4) is 28.4 Å². The first-order valence-corrected chi connectivity index (χ1v) is 9.32. The van der Waals surface area contributed by atoms with Crippen molar-refractivity contribution < 1.29 is 27.1 Å². The molecular formula is C17H12Cl2F3N3O3S. The molecular weight excluding hydrogens is 454 g/mol. The number of aromatic nitrogens is 2. The molecule has 0 aliphatic rings. The number of halogens is 5. The minimum absolute atomic E-state index is 0.131. The monoisotopic (exact) mass is 465 g/mol. The van der Waals surface area contributed by atoms with Gasteiger partial charge in [0.15, 0.2) is 17.2 Å². The Morgan fingerprint density at radius 3 is 2.21 bits per heavy atom. The van der Waals surface area contributed by atoms with Crippen molar-refractivity contribution in [3.63, 3.8) is 0 Å². The van der Waals surface area contributed by atoms with Crippen molar-refractivity contribution >= 4 is 35.4 Å². The van der Waals surface area contributed by atoms with Crippen molar-refractivity contribution in [3.05, 3.63) is 58.2 Å². The van der Waals surface area contributed by atoms with Gasteiger partial charge >= 0.3 is 6.18 Å². The summed E-state index contributed by atoms with van der Waals surface area (Å²) in [5.74, 6) is 0.519. The highest BCUT2D eigenvalue weighted by atomic mass is 35.5. The van der Waals surface area contributed by atoms with Crippen LogP contribution in [0.4, 0.5) is 13.2 Å². The van der Waals surface area contributed by atoms with E-state index in [9.17, 15) is 13.2 Å². The van der Waals surface area contributed by atoms with E-state index in [0.717, 1.165) is 10.7 Å². The lowest BCUT2D eigenvalue weighted by atomic mass is 10.1. The third-order valence-corrected chi connectivity index (χ3v) is 4.46. The number of hydrogen-bond acceptors (Lipinski definition) is 6. The van der Waals surface area contributed by atoms with E-state index >= 15 is 0 Å². The second-order valence-electron chi connectivity index (χ2n) is 5.54. The van der Waals surface area contributed by atoms with Crippen LogP contribution in [0.15, 0.2) is 42.5 Å². The lowest BCUT2D eigenvalue weighted by Crippen LogP contribution is -2.07. The van der Waals surface area contributed by atoms with Gasteiger partial charge in [-0.05, 0) is 42.5 Å². The summed E-state index contributed by atoms with van der Waals surface area (Å²) in [5.41, 5.74) is -0.275. The fourth-order valence-corrected chi connectivity index (χ4v) is 3.29. The largest absolute Gasteiger partial charge is 0.494 e. The summed E-state index contributed by atoms with van der Waals surface area (Å²) in [5, 5.41) is 9.09. The Morgan fingerprint density at radius 2 is 1.69 bits per heavy atom. The number of ether oxygens (including phenoxy) is 1. The van der Waals surface area contributed by atoms with Gasteiger partial charge in [-0.25, -0.2) is 4.68 Å². The van der Waals surface area contributed by atoms with E-state index in [1.54, 1.807) is 0 Å². The zero-order valence-electron chi connectivity index (χ0n) is 14.5.